The lowest BCUT2D eigenvalue weighted by Gasteiger charge is -2.26. The largest absolute Gasteiger partial charge is 0.482 e. The zero-order valence-corrected chi connectivity index (χ0v) is 19.3. The summed E-state index contributed by atoms with van der Waals surface area (Å²) >= 11 is 0. The van der Waals surface area contributed by atoms with Gasteiger partial charge in [-0.1, -0.05) is 36.4 Å². The zero-order chi connectivity index (χ0) is 24.0. The van der Waals surface area contributed by atoms with Crippen molar-refractivity contribution in [2.24, 2.45) is 0 Å². The number of anilines is 1. The number of fused-ring (bicyclic) bond motifs is 1. The number of nitrogens with zero attached hydrogens (tertiary/aromatic N) is 3. The predicted octanol–water partition coefficient (Wildman–Crippen LogP) is 4.80. The van der Waals surface area contributed by atoms with Crippen LogP contribution in [0.15, 0.2) is 85.6 Å². The van der Waals surface area contributed by atoms with Gasteiger partial charge in [0.2, 0.25) is 5.91 Å². The maximum Gasteiger partial charge on any atom is 0.230 e. The van der Waals surface area contributed by atoms with Crippen molar-refractivity contribution >= 4 is 17.4 Å². The summed E-state index contributed by atoms with van der Waals surface area (Å²) in [4.78, 5) is 34.0. The molecule has 0 fully saturated rings. The minimum Gasteiger partial charge on any atom is -0.482 e. The van der Waals surface area contributed by atoms with Gasteiger partial charge in [0, 0.05) is 36.3 Å². The quantitative estimate of drug-likeness (QED) is 0.403. The van der Waals surface area contributed by atoms with E-state index in [-0.39, 0.29) is 24.2 Å². The fourth-order valence-corrected chi connectivity index (χ4v) is 4.41. The first-order chi connectivity index (χ1) is 17.2. The second-order valence-electron chi connectivity index (χ2n) is 8.56. The van der Waals surface area contributed by atoms with Gasteiger partial charge in [0.1, 0.15) is 11.9 Å². The molecule has 176 valence electrons. The van der Waals surface area contributed by atoms with Gasteiger partial charge in [0.25, 0.3) is 0 Å². The van der Waals surface area contributed by atoms with Gasteiger partial charge in [0.15, 0.2) is 5.78 Å². The number of ether oxygens (including phenoxy) is 1. The molecule has 0 saturated carbocycles. The summed E-state index contributed by atoms with van der Waals surface area (Å²) in [5.74, 6) is 0.434. The van der Waals surface area contributed by atoms with Gasteiger partial charge < -0.3 is 14.6 Å². The summed E-state index contributed by atoms with van der Waals surface area (Å²) in [7, 11) is 0. The lowest BCUT2D eigenvalue weighted by molar-refractivity contribution is -0.115. The number of ketones is 1. The molecule has 1 N–H and O–H groups in total. The van der Waals surface area contributed by atoms with E-state index in [1.165, 1.54) is 0 Å². The Labute approximate surface area is 203 Å². The second kappa shape index (κ2) is 10.3. The number of hydrogen-bond donors (Lipinski definition) is 1. The molecule has 7 nitrogen and oxygen atoms in total. The van der Waals surface area contributed by atoms with Crippen LogP contribution < -0.4 is 10.1 Å². The van der Waals surface area contributed by atoms with E-state index in [1.54, 1.807) is 24.8 Å². The summed E-state index contributed by atoms with van der Waals surface area (Å²) in [5.41, 5.74) is 3.74. The van der Waals surface area contributed by atoms with Gasteiger partial charge in [-0.25, -0.2) is 4.98 Å². The van der Waals surface area contributed by atoms with Crippen molar-refractivity contribution < 1.29 is 14.3 Å². The highest BCUT2D eigenvalue weighted by atomic mass is 16.5. The Morgan fingerprint density at radius 2 is 1.89 bits per heavy atom. The van der Waals surface area contributed by atoms with E-state index in [9.17, 15) is 9.59 Å². The molecule has 0 radical (unpaired) electrons. The van der Waals surface area contributed by atoms with Crippen LogP contribution >= 0.6 is 0 Å². The molecule has 4 aromatic rings. The lowest BCUT2D eigenvalue weighted by atomic mass is 9.89. The maximum atomic E-state index is 13.0. The van der Waals surface area contributed by atoms with Crippen LogP contribution in [-0.4, -0.2) is 26.2 Å². The normalized spacial score (nSPS) is 13.7. The summed E-state index contributed by atoms with van der Waals surface area (Å²) in [6.45, 7) is 0.543. The number of pyridine rings is 1. The molecule has 2 heterocycles. The Hall–Kier alpha value is -4.26. The van der Waals surface area contributed by atoms with Crippen molar-refractivity contribution in [2.45, 2.75) is 38.3 Å². The topological polar surface area (TPSA) is 86.1 Å². The van der Waals surface area contributed by atoms with E-state index in [0.29, 0.717) is 42.1 Å². The van der Waals surface area contributed by atoms with Gasteiger partial charge in [-0.05, 0) is 48.2 Å². The summed E-state index contributed by atoms with van der Waals surface area (Å²) in [6, 6.07) is 19.0. The minimum atomic E-state index is -0.325. The molecule has 2 aromatic heterocycles. The van der Waals surface area contributed by atoms with Gasteiger partial charge in [0.05, 0.1) is 25.0 Å². The number of aromatic nitrogens is 3. The molecule has 2 aromatic carbocycles. The highest BCUT2D eigenvalue weighted by molar-refractivity contribution is 6.03. The molecule has 1 aliphatic carbocycles. The van der Waals surface area contributed by atoms with Crippen molar-refractivity contribution in [2.75, 3.05) is 5.32 Å². The van der Waals surface area contributed by atoms with Gasteiger partial charge in [-0.3, -0.25) is 14.6 Å². The van der Waals surface area contributed by atoms with Gasteiger partial charge in [-0.2, -0.15) is 0 Å². The molecule has 1 unspecified atom stereocenters. The Kier molecular flexibility index (Phi) is 6.66. The number of carbonyl (C=O) groups is 2. The van der Waals surface area contributed by atoms with E-state index in [0.717, 1.165) is 17.5 Å². The van der Waals surface area contributed by atoms with Crippen LogP contribution in [0.25, 0.3) is 0 Å². The Bertz CT molecular complexity index is 1310. The summed E-state index contributed by atoms with van der Waals surface area (Å²) in [6.07, 6.45) is 8.81. The number of nitrogens with one attached hydrogen (secondary N) is 1. The predicted molar refractivity (Wildman–Crippen MR) is 132 cm³/mol. The molecule has 0 saturated heterocycles. The van der Waals surface area contributed by atoms with Crippen molar-refractivity contribution in [1.29, 1.82) is 0 Å². The molecule has 0 aliphatic heterocycles. The van der Waals surface area contributed by atoms with Crippen LogP contribution in [-0.2, 0) is 24.2 Å². The van der Waals surface area contributed by atoms with E-state index >= 15 is 0 Å². The van der Waals surface area contributed by atoms with Crippen molar-refractivity contribution in [3.63, 3.8) is 0 Å². The van der Waals surface area contributed by atoms with E-state index in [2.05, 4.69) is 15.3 Å². The fourth-order valence-electron chi connectivity index (χ4n) is 4.41. The second-order valence-corrected chi connectivity index (χ2v) is 8.56. The molecule has 1 aliphatic rings. The average Bonchev–Trinajstić information content (AvgIpc) is 3.39. The third kappa shape index (κ3) is 5.30. The van der Waals surface area contributed by atoms with E-state index in [1.807, 2.05) is 65.4 Å². The van der Waals surface area contributed by atoms with Crippen LogP contribution in [0, 0.1) is 0 Å². The van der Waals surface area contributed by atoms with Crippen molar-refractivity contribution in [1.82, 2.24) is 14.5 Å². The monoisotopic (exact) mass is 466 g/mol. The maximum absolute atomic E-state index is 13.0. The molecular weight excluding hydrogens is 440 g/mol. The molecule has 7 heteroatoms. The molecule has 0 bridgehead atoms. The Morgan fingerprint density at radius 3 is 2.66 bits per heavy atom. The fraction of sp³-hybridized carbons (Fsp3) is 0.214. The first kappa shape index (κ1) is 22.5. The Morgan fingerprint density at radius 1 is 1.03 bits per heavy atom. The van der Waals surface area contributed by atoms with Crippen molar-refractivity contribution in [3.05, 3.63) is 108 Å². The van der Waals surface area contributed by atoms with Crippen LogP contribution in [0.4, 0.5) is 5.69 Å². The molecule has 1 amide bonds. The first-order valence-electron chi connectivity index (χ1n) is 11.7. The number of amides is 1. The molecule has 35 heavy (non-hydrogen) atoms. The first-order valence-corrected chi connectivity index (χ1v) is 11.7. The number of imidazole rings is 1. The molecule has 5 rings (SSSR count). The van der Waals surface area contributed by atoms with Crippen LogP contribution in [0.3, 0.4) is 0 Å². The average molecular weight is 467 g/mol. The van der Waals surface area contributed by atoms with Crippen molar-refractivity contribution in [3.8, 4) is 5.75 Å². The number of benzene rings is 2. The number of carbonyl (C=O) groups excluding carboxylic acids is 2. The molecule has 1 atom stereocenters. The summed E-state index contributed by atoms with van der Waals surface area (Å²) in [5, 5.41) is 3.05. The molecular formula is C28H26N4O3. The third-order valence-electron chi connectivity index (χ3n) is 6.11. The minimum absolute atomic E-state index is 0.0936. The highest BCUT2D eigenvalue weighted by Gasteiger charge is 2.25. The SMILES string of the molecule is O=C(Cc1ccccn1)Nc1c(OC(Cn2ccnc2)c2ccccc2)ccc2c1CCCC2=O. The summed E-state index contributed by atoms with van der Waals surface area (Å²) < 4.78 is 8.52. The van der Waals surface area contributed by atoms with Crippen LogP contribution in [0.1, 0.15) is 46.1 Å². The van der Waals surface area contributed by atoms with Gasteiger partial charge in [-0.15, -0.1) is 0 Å². The van der Waals surface area contributed by atoms with E-state index in [4.69, 9.17) is 4.74 Å². The lowest BCUT2D eigenvalue weighted by Crippen LogP contribution is -2.21. The Balaban J connectivity index is 1.49. The number of hydrogen-bond acceptors (Lipinski definition) is 5. The molecule has 0 spiro atoms. The number of Topliss-reactive ketones (excluding diaryl/α,β-unsaturated/α-hetero) is 1. The van der Waals surface area contributed by atoms with E-state index < -0.39 is 0 Å². The van der Waals surface area contributed by atoms with Gasteiger partial charge >= 0.3 is 0 Å². The standard InChI is InChI=1S/C28H26N4O3/c33-24-11-6-10-23-22(24)12-13-25(28(23)31-27(34)17-21-9-4-5-14-30-21)35-26(18-32-16-15-29-19-32)20-7-2-1-3-8-20/h1-5,7-9,12-16,19,26H,6,10-11,17-18H2,(H,31,34). The number of rotatable bonds is 8. The zero-order valence-electron chi connectivity index (χ0n) is 19.3. The van der Waals surface area contributed by atoms with Crippen LogP contribution in [0.5, 0.6) is 5.75 Å². The smallest absolute Gasteiger partial charge is 0.230 e. The van der Waals surface area contributed by atoms with Crippen LogP contribution in [0.2, 0.25) is 0 Å². The highest BCUT2D eigenvalue weighted by Crippen LogP contribution is 2.38. The third-order valence-corrected chi connectivity index (χ3v) is 6.11.